The van der Waals surface area contributed by atoms with E-state index in [4.69, 9.17) is 5.73 Å². The minimum Gasteiger partial charge on any atom is -0.493 e. The van der Waals surface area contributed by atoms with Crippen LogP contribution in [0.3, 0.4) is 0 Å². The number of hydrogen-bond acceptors (Lipinski definition) is 7. The van der Waals surface area contributed by atoms with Crippen LogP contribution in [0.25, 0.3) is 16.3 Å². The monoisotopic (exact) mass is 248 g/mol. The van der Waals surface area contributed by atoms with Crippen LogP contribution >= 0.6 is 11.3 Å². The number of thiazole rings is 1. The Bertz CT molecular complexity index is 703. The molecule has 3 rings (SSSR count). The number of fused-ring (bicyclic) bond motifs is 1. The summed E-state index contributed by atoms with van der Waals surface area (Å²) < 4.78 is 1.51. The predicted octanol–water partition coefficient (Wildman–Crippen LogP) is 0.844. The van der Waals surface area contributed by atoms with E-state index in [9.17, 15) is 5.11 Å². The van der Waals surface area contributed by atoms with E-state index in [0.717, 1.165) is 5.69 Å². The summed E-state index contributed by atoms with van der Waals surface area (Å²) in [5.74, 6) is 0.306. The molecule has 0 aromatic carbocycles. The van der Waals surface area contributed by atoms with Crippen molar-refractivity contribution in [3.05, 3.63) is 17.1 Å². The Labute approximate surface area is 99.6 Å². The highest BCUT2D eigenvalue weighted by Crippen LogP contribution is 2.28. The van der Waals surface area contributed by atoms with Gasteiger partial charge in [0.25, 0.3) is 0 Å². The zero-order chi connectivity index (χ0) is 12.0. The molecule has 0 aliphatic carbocycles. The third kappa shape index (κ3) is 1.49. The summed E-state index contributed by atoms with van der Waals surface area (Å²) in [7, 11) is 0. The topological polar surface area (TPSA) is 102 Å². The maximum Gasteiger partial charge on any atom is 0.222 e. The van der Waals surface area contributed by atoms with E-state index in [1.807, 2.05) is 6.92 Å². The molecule has 8 heteroatoms. The summed E-state index contributed by atoms with van der Waals surface area (Å²) in [5, 5.41) is 23.5. The van der Waals surface area contributed by atoms with E-state index in [0.29, 0.717) is 22.2 Å². The van der Waals surface area contributed by atoms with Crippen molar-refractivity contribution in [2.24, 2.45) is 0 Å². The second-order valence-corrected chi connectivity index (χ2v) is 4.36. The molecule has 0 amide bonds. The summed E-state index contributed by atoms with van der Waals surface area (Å²) in [5.41, 5.74) is 7.78. The van der Waals surface area contributed by atoms with Gasteiger partial charge in [0.2, 0.25) is 5.88 Å². The molecule has 86 valence electrons. The molecule has 0 aliphatic heterocycles. The van der Waals surface area contributed by atoms with Crippen LogP contribution in [0.2, 0.25) is 0 Å². The fourth-order valence-electron chi connectivity index (χ4n) is 1.51. The minimum absolute atomic E-state index is 0.0528. The van der Waals surface area contributed by atoms with Crippen LogP contribution < -0.4 is 5.73 Å². The molecule has 3 aromatic heterocycles. The van der Waals surface area contributed by atoms with E-state index >= 15 is 0 Å². The van der Waals surface area contributed by atoms with Crippen molar-refractivity contribution >= 4 is 22.8 Å². The van der Waals surface area contributed by atoms with Gasteiger partial charge in [-0.05, 0) is 6.92 Å². The van der Waals surface area contributed by atoms with Crippen molar-refractivity contribution in [2.75, 3.05) is 5.73 Å². The lowest BCUT2D eigenvalue weighted by atomic mass is 10.4. The van der Waals surface area contributed by atoms with Crippen molar-refractivity contribution < 1.29 is 5.11 Å². The van der Waals surface area contributed by atoms with Gasteiger partial charge in [0, 0.05) is 6.07 Å². The molecular formula is C9H8N6OS. The van der Waals surface area contributed by atoms with Crippen LogP contribution in [0.15, 0.2) is 11.4 Å². The van der Waals surface area contributed by atoms with Gasteiger partial charge < -0.3 is 10.8 Å². The highest BCUT2D eigenvalue weighted by Gasteiger charge is 2.14. The Morgan fingerprint density at radius 3 is 2.94 bits per heavy atom. The summed E-state index contributed by atoms with van der Waals surface area (Å²) in [6.07, 6.45) is 0. The molecule has 0 unspecified atom stereocenters. The summed E-state index contributed by atoms with van der Waals surface area (Å²) in [6.45, 7) is 1.85. The number of aromatic nitrogens is 5. The second-order valence-electron chi connectivity index (χ2n) is 3.50. The third-order valence-electron chi connectivity index (χ3n) is 2.23. The van der Waals surface area contributed by atoms with Gasteiger partial charge in [0.15, 0.2) is 22.2 Å². The molecule has 0 aliphatic rings. The first-order valence-electron chi connectivity index (χ1n) is 4.78. The molecular weight excluding hydrogens is 240 g/mol. The lowest BCUT2D eigenvalue weighted by Gasteiger charge is -2.01. The van der Waals surface area contributed by atoms with Crippen molar-refractivity contribution in [2.45, 2.75) is 6.92 Å². The molecule has 0 fully saturated rings. The van der Waals surface area contributed by atoms with Crippen molar-refractivity contribution in [1.29, 1.82) is 0 Å². The van der Waals surface area contributed by atoms with Crippen LogP contribution in [0, 0.1) is 6.92 Å². The van der Waals surface area contributed by atoms with Gasteiger partial charge in [-0.3, -0.25) is 0 Å². The first kappa shape index (κ1) is 9.97. The summed E-state index contributed by atoms with van der Waals surface area (Å²) >= 11 is 1.25. The Kier molecular flexibility index (Phi) is 1.99. The first-order chi connectivity index (χ1) is 8.15. The number of aryl methyl sites for hydroxylation is 1. The van der Waals surface area contributed by atoms with Crippen LogP contribution in [0.4, 0.5) is 5.82 Å². The molecule has 0 atom stereocenters. The van der Waals surface area contributed by atoms with Crippen molar-refractivity contribution in [3.63, 3.8) is 0 Å². The highest BCUT2D eigenvalue weighted by atomic mass is 32.1. The number of nitrogens with two attached hydrogens (primary N) is 1. The standard InChI is InChI=1S/C9H8N6OS/c1-4-2-5-12-13-7(8(10)15(5)14-4)9-11-6(16)3-17-9/h2-3,16H,10H2,1H3. The van der Waals surface area contributed by atoms with Crippen molar-refractivity contribution in [1.82, 2.24) is 24.8 Å². The molecule has 3 aromatic rings. The molecule has 3 N–H and O–H groups in total. The maximum absolute atomic E-state index is 9.21. The van der Waals surface area contributed by atoms with E-state index in [1.165, 1.54) is 21.2 Å². The average Bonchev–Trinajstić information content (AvgIpc) is 2.85. The number of nitrogens with zero attached hydrogens (tertiary/aromatic N) is 5. The number of hydrogen-bond donors (Lipinski definition) is 2. The van der Waals surface area contributed by atoms with Gasteiger partial charge >= 0.3 is 0 Å². The average molecular weight is 248 g/mol. The number of aromatic hydroxyl groups is 1. The smallest absolute Gasteiger partial charge is 0.222 e. The van der Waals surface area contributed by atoms with E-state index < -0.39 is 0 Å². The Balaban J connectivity index is 2.27. The lowest BCUT2D eigenvalue weighted by Crippen LogP contribution is -2.05. The molecule has 0 saturated carbocycles. The summed E-state index contributed by atoms with van der Waals surface area (Å²) in [4.78, 5) is 3.91. The van der Waals surface area contributed by atoms with Crippen LogP contribution in [0.1, 0.15) is 5.69 Å². The Morgan fingerprint density at radius 2 is 2.24 bits per heavy atom. The largest absolute Gasteiger partial charge is 0.493 e. The molecule has 0 bridgehead atoms. The quantitative estimate of drug-likeness (QED) is 0.661. The first-order valence-corrected chi connectivity index (χ1v) is 5.66. The minimum atomic E-state index is -0.0528. The SMILES string of the molecule is Cc1cc2nnc(-c3nc(O)cs3)c(N)n2n1. The zero-order valence-corrected chi connectivity index (χ0v) is 9.64. The van der Waals surface area contributed by atoms with Gasteiger partial charge in [-0.1, -0.05) is 0 Å². The Hall–Kier alpha value is -2.22. The van der Waals surface area contributed by atoms with E-state index in [2.05, 4.69) is 20.3 Å². The predicted molar refractivity (Wildman–Crippen MR) is 62.7 cm³/mol. The molecule has 0 saturated heterocycles. The van der Waals surface area contributed by atoms with E-state index in [-0.39, 0.29) is 5.88 Å². The fourth-order valence-corrected chi connectivity index (χ4v) is 2.19. The summed E-state index contributed by atoms with van der Waals surface area (Å²) in [6, 6.07) is 1.78. The second kappa shape index (κ2) is 3.39. The lowest BCUT2D eigenvalue weighted by molar-refractivity contribution is 0.458. The zero-order valence-electron chi connectivity index (χ0n) is 8.82. The molecule has 0 radical (unpaired) electrons. The van der Waals surface area contributed by atoms with Crippen molar-refractivity contribution in [3.8, 4) is 16.6 Å². The number of anilines is 1. The third-order valence-corrected chi connectivity index (χ3v) is 3.07. The molecule has 17 heavy (non-hydrogen) atoms. The Morgan fingerprint density at radius 1 is 1.41 bits per heavy atom. The number of rotatable bonds is 1. The number of nitrogen functional groups attached to an aromatic ring is 1. The molecule has 7 nitrogen and oxygen atoms in total. The molecule has 3 heterocycles. The van der Waals surface area contributed by atoms with Gasteiger partial charge in [0.05, 0.1) is 11.1 Å². The molecule has 0 spiro atoms. The van der Waals surface area contributed by atoms with Crippen LogP contribution in [0.5, 0.6) is 5.88 Å². The van der Waals surface area contributed by atoms with Crippen LogP contribution in [-0.2, 0) is 0 Å². The normalized spacial score (nSPS) is 11.1. The van der Waals surface area contributed by atoms with Crippen LogP contribution in [-0.4, -0.2) is 29.9 Å². The highest BCUT2D eigenvalue weighted by molar-refractivity contribution is 7.13. The fraction of sp³-hybridized carbons (Fsp3) is 0.111. The van der Waals surface area contributed by atoms with Gasteiger partial charge in [0.1, 0.15) is 0 Å². The van der Waals surface area contributed by atoms with Gasteiger partial charge in [-0.2, -0.15) is 14.6 Å². The maximum atomic E-state index is 9.21. The van der Waals surface area contributed by atoms with Gasteiger partial charge in [-0.25, -0.2) is 0 Å². The van der Waals surface area contributed by atoms with E-state index in [1.54, 1.807) is 6.07 Å². The van der Waals surface area contributed by atoms with Gasteiger partial charge in [-0.15, -0.1) is 21.5 Å².